The molecule has 0 aliphatic carbocycles. The number of anilines is 2. The Morgan fingerprint density at radius 2 is 1.18 bits per heavy atom. The molecule has 10 nitrogen and oxygen atoms in total. The van der Waals surface area contributed by atoms with Crippen LogP contribution in [-0.2, 0) is 19.2 Å². The van der Waals surface area contributed by atoms with Crippen LogP contribution in [0.5, 0.6) is 0 Å². The second-order valence-corrected chi connectivity index (χ2v) is 11.4. The summed E-state index contributed by atoms with van der Waals surface area (Å²) in [7, 11) is 0. The number of rotatable bonds is 10. The van der Waals surface area contributed by atoms with E-state index in [2.05, 4.69) is 20.6 Å². The number of hydrogen-bond donors (Lipinski definition) is 2. The molecule has 196 valence electrons. The molecule has 2 fully saturated rings. The quantitative estimate of drug-likeness (QED) is 0.316. The molecule has 2 aliphatic rings. The fraction of sp³-hybridized carbons (Fsp3) is 0.250. The van der Waals surface area contributed by atoms with Gasteiger partial charge in [0.15, 0.2) is 0 Å². The number of nitrogens with zero attached hydrogens (tertiary/aromatic N) is 4. The van der Waals surface area contributed by atoms with Gasteiger partial charge in [0.1, 0.15) is 8.64 Å². The Labute approximate surface area is 238 Å². The molecular weight excluding hydrogens is 565 g/mol. The van der Waals surface area contributed by atoms with E-state index in [1.165, 1.54) is 9.80 Å². The number of hydrogen-bond acceptors (Lipinski definition) is 10. The van der Waals surface area contributed by atoms with Crippen LogP contribution in [-0.4, -0.2) is 65.1 Å². The molecule has 4 heterocycles. The van der Waals surface area contributed by atoms with Crippen molar-refractivity contribution in [2.24, 2.45) is 0 Å². The lowest BCUT2D eigenvalue weighted by molar-refractivity contribution is -0.124. The van der Waals surface area contributed by atoms with E-state index in [1.54, 1.807) is 49.1 Å². The van der Waals surface area contributed by atoms with Gasteiger partial charge in [-0.2, -0.15) is 0 Å². The molecule has 0 radical (unpaired) electrons. The van der Waals surface area contributed by atoms with Gasteiger partial charge in [-0.15, -0.1) is 0 Å². The Hall–Kier alpha value is -3.20. The summed E-state index contributed by atoms with van der Waals surface area (Å²) in [5, 5.41) is 5.49. The molecular formula is C24H22N6O4S4. The van der Waals surface area contributed by atoms with E-state index in [1.807, 2.05) is 0 Å². The van der Waals surface area contributed by atoms with Gasteiger partial charge in [0.05, 0.1) is 33.6 Å². The van der Waals surface area contributed by atoms with E-state index in [0.717, 1.165) is 23.5 Å². The van der Waals surface area contributed by atoms with Gasteiger partial charge in [-0.25, -0.2) is 0 Å². The van der Waals surface area contributed by atoms with Crippen LogP contribution in [0, 0.1) is 0 Å². The fourth-order valence-electron chi connectivity index (χ4n) is 3.57. The molecule has 2 aromatic heterocycles. The van der Waals surface area contributed by atoms with Gasteiger partial charge in [0, 0.05) is 38.3 Å². The first-order valence-electron chi connectivity index (χ1n) is 11.5. The number of thioether (sulfide) groups is 2. The smallest absolute Gasteiger partial charge is 0.267 e. The molecule has 2 aromatic rings. The first kappa shape index (κ1) is 27.8. The van der Waals surface area contributed by atoms with E-state index in [0.29, 0.717) is 32.9 Å². The van der Waals surface area contributed by atoms with Crippen molar-refractivity contribution in [2.75, 3.05) is 23.7 Å². The van der Waals surface area contributed by atoms with Crippen molar-refractivity contribution >= 4 is 91.6 Å². The van der Waals surface area contributed by atoms with E-state index in [-0.39, 0.29) is 59.4 Å². The fourth-order valence-corrected chi connectivity index (χ4v) is 6.34. The predicted molar refractivity (Wildman–Crippen MR) is 155 cm³/mol. The summed E-state index contributed by atoms with van der Waals surface area (Å²) < 4.78 is 0.657. The Kier molecular flexibility index (Phi) is 9.55. The Bertz CT molecular complexity index is 1210. The molecule has 4 rings (SSSR count). The van der Waals surface area contributed by atoms with Crippen LogP contribution in [0.2, 0.25) is 0 Å². The van der Waals surface area contributed by atoms with Gasteiger partial charge in [-0.1, -0.05) is 48.0 Å². The maximum Gasteiger partial charge on any atom is 0.267 e. The Morgan fingerprint density at radius 1 is 0.763 bits per heavy atom. The second kappa shape index (κ2) is 13.0. The number of carbonyl (C=O) groups is 4. The average molecular weight is 587 g/mol. The van der Waals surface area contributed by atoms with Gasteiger partial charge in [-0.05, 0) is 37.1 Å². The van der Waals surface area contributed by atoms with Gasteiger partial charge in [0.25, 0.3) is 11.8 Å². The van der Waals surface area contributed by atoms with Crippen molar-refractivity contribution < 1.29 is 19.2 Å². The maximum atomic E-state index is 13.1. The van der Waals surface area contributed by atoms with Crippen LogP contribution in [0.4, 0.5) is 11.4 Å². The highest BCUT2D eigenvalue weighted by Gasteiger charge is 2.41. The summed E-state index contributed by atoms with van der Waals surface area (Å²) in [6.07, 6.45) is 7.50. The summed E-state index contributed by atoms with van der Waals surface area (Å²) in [4.78, 5) is 61.7. The van der Waals surface area contributed by atoms with Crippen LogP contribution in [0.25, 0.3) is 0 Å². The Balaban J connectivity index is 1.28. The molecule has 4 amide bonds. The maximum absolute atomic E-state index is 13.1. The van der Waals surface area contributed by atoms with Gasteiger partial charge in [-0.3, -0.25) is 38.9 Å². The van der Waals surface area contributed by atoms with Crippen molar-refractivity contribution in [2.45, 2.75) is 25.7 Å². The lowest BCUT2D eigenvalue weighted by atomic mass is 10.2. The predicted octanol–water partition coefficient (Wildman–Crippen LogP) is 3.55. The number of thiocarbonyl (C=S) groups is 2. The van der Waals surface area contributed by atoms with Crippen LogP contribution in [0.15, 0.2) is 58.9 Å². The largest absolute Gasteiger partial charge is 0.325 e. The minimum atomic E-state index is -0.371. The van der Waals surface area contributed by atoms with Gasteiger partial charge in [0.2, 0.25) is 11.8 Å². The first-order valence-corrected chi connectivity index (χ1v) is 14.0. The third kappa shape index (κ3) is 7.01. The number of aromatic nitrogens is 2. The average Bonchev–Trinajstić information content (AvgIpc) is 3.34. The molecule has 2 aliphatic heterocycles. The number of amides is 4. The van der Waals surface area contributed by atoms with E-state index < -0.39 is 0 Å². The third-order valence-corrected chi connectivity index (χ3v) is 8.39. The van der Waals surface area contributed by atoms with Crippen molar-refractivity contribution in [3.05, 3.63) is 58.9 Å². The molecule has 0 unspecified atom stereocenters. The number of nitrogens with one attached hydrogen (secondary N) is 2. The standard InChI is InChI=1S/C24H22N6O4S4/c31-17(27-15-5-1-9-25-13-15)7-3-11-29-21(33)19(37-23(29)35)20-22(34)30(24(36)38-20)12-4-8-18(32)28-16-6-2-10-26-14-16/h1-2,5-6,9-10,13-14H,3-4,7-8,11-12H2,(H,27,31)(H,28,32)/b20-19+. The minimum absolute atomic E-state index is 0.192. The van der Waals surface area contributed by atoms with Crippen LogP contribution >= 0.6 is 48.0 Å². The van der Waals surface area contributed by atoms with E-state index >= 15 is 0 Å². The summed E-state index contributed by atoms with van der Waals surface area (Å²) in [5.41, 5.74) is 1.19. The van der Waals surface area contributed by atoms with Gasteiger partial charge >= 0.3 is 0 Å². The van der Waals surface area contributed by atoms with Crippen molar-refractivity contribution in [1.29, 1.82) is 0 Å². The highest BCUT2D eigenvalue weighted by molar-refractivity contribution is 8.29. The molecule has 2 N–H and O–H groups in total. The lowest BCUT2D eigenvalue weighted by Crippen LogP contribution is -2.31. The zero-order valence-electron chi connectivity index (χ0n) is 19.9. The summed E-state index contributed by atoms with van der Waals surface area (Å²) in [5.74, 6) is -1.13. The lowest BCUT2D eigenvalue weighted by Gasteiger charge is -2.14. The summed E-state index contributed by atoms with van der Waals surface area (Å²) in [6.45, 7) is 0.502. The van der Waals surface area contributed by atoms with Crippen LogP contribution in [0.3, 0.4) is 0 Å². The molecule has 0 saturated carbocycles. The molecule has 0 spiro atoms. The SMILES string of the molecule is O=C(CCCN1C(=O)/C(=C2\SC(=S)N(CCCC(=O)Nc3cccnc3)C2=O)SC1=S)Nc1cccnc1. The molecule has 14 heteroatoms. The number of pyridine rings is 2. The molecule has 0 bridgehead atoms. The second-order valence-electron chi connectivity index (χ2n) is 8.09. The van der Waals surface area contributed by atoms with E-state index in [9.17, 15) is 19.2 Å². The number of carbonyl (C=O) groups excluding carboxylic acids is 4. The van der Waals surface area contributed by atoms with Crippen molar-refractivity contribution in [1.82, 2.24) is 19.8 Å². The summed E-state index contributed by atoms with van der Waals surface area (Å²) in [6, 6.07) is 6.92. The normalized spacial score (nSPS) is 17.4. The van der Waals surface area contributed by atoms with Crippen LogP contribution in [0.1, 0.15) is 25.7 Å². The summed E-state index contributed by atoms with van der Waals surface area (Å²) >= 11 is 12.9. The molecule has 0 atom stereocenters. The highest BCUT2D eigenvalue weighted by atomic mass is 32.2. The molecule has 38 heavy (non-hydrogen) atoms. The molecule has 2 saturated heterocycles. The molecule has 0 aromatic carbocycles. The highest BCUT2D eigenvalue weighted by Crippen LogP contribution is 2.42. The zero-order valence-corrected chi connectivity index (χ0v) is 23.2. The third-order valence-electron chi connectivity index (χ3n) is 5.37. The van der Waals surface area contributed by atoms with Gasteiger partial charge < -0.3 is 10.6 Å². The zero-order chi connectivity index (χ0) is 27.1. The van der Waals surface area contributed by atoms with Crippen molar-refractivity contribution in [3.8, 4) is 0 Å². The van der Waals surface area contributed by atoms with Crippen molar-refractivity contribution in [3.63, 3.8) is 0 Å². The Morgan fingerprint density at radius 3 is 1.55 bits per heavy atom. The van der Waals surface area contributed by atoms with E-state index in [4.69, 9.17) is 24.4 Å². The minimum Gasteiger partial charge on any atom is -0.325 e. The monoisotopic (exact) mass is 586 g/mol. The van der Waals surface area contributed by atoms with Crippen LogP contribution < -0.4 is 10.6 Å². The first-order chi connectivity index (χ1) is 18.3. The topological polar surface area (TPSA) is 125 Å².